The van der Waals surface area contributed by atoms with Gasteiger partial charge >= 0.3 is 5.97 Å². The van der Waals surface area contributed by atoms with Crippen molar-refractivity contribution in [3.05, 3.63) is 53.3 Å². The van der Waals surface area contributed by atoms with E-state index in [2.05, 4.69) is 10.3 Å². The molecule has 7 nitrogen and oxygen atoms in total. The molecule has 0 radical (unpaired) electrons. The van der Waals surface area contributed by atoms with E-state index in [0.717, 1.165) is 0 Å². The monoisotopic (exact) mass is 342 g/mol. The van der Waals surface area contributed by atoms with Crippen LogP contribution in [0.2, 0.25) is 0 Å². The van der Waals surface area contributed by atoms with Gasteiger partial charge in [-0.1, -0.05) is 12.1 Å². The van der Waals surface area contributed by atoms with E-state index in [1.807, 2.05) is 0 Å². The summed E-state index contributed by atoms with van der Waals surface area (Å²) in [6, 6.07) is 7.92. The molecule has 1 aromatic heterocycles. The van der Waals surface area contributed by atoms with Crippen LogP contribution in [0.15, 0.2) is 36.5 Å². The van der Waals surface area contributed by atoms with Gasteiger partial charge in [0.25, 0.3) is 5.91 Å². The SMILES string of the molecule is CC(=O)c1c[nH]c(C(=O)O[C@H](C)C(=O)Nc2ccccc2C(C)=O)c1. The highest BCUT2D eigenvalue weighted by Crippen LogP contribution is 2.16. The van der Waals surface area contributed by atoms with Crippen LogP contribution < -0.4 is 5.32 Å². The Labute approximate surface area is 144 Å². The van der Waals surface area contributed by atoms with Crippen LogP contribution in [-0.4, -0.2) is 34.5 Å². The van der Waals surface area contributed by atoms with E-state index < -0.39 is 18.0 Å². The number of carbonyl (C=O) groups excluding carboxylic acids is 4. The average molecular weight is 342 g/mol. The van der Waals surface area contributed by atoms with Gasteiger partial charge in [0.2, 0.25) is 0 Å². The smallest absolute Gasteiger partial charge is 0.355 e. The second kappa shape index (κ2) is 7.57. The van der Waals surface area contributed by atoms with Gasteiger partial charge in [0.05, 0.1) is 5.69 Å². The van der Waals surface area contributed by atoms with Crippen molar-refractivity contribution >= 4 is 29.1 Å². The molecule has 0 aliphatic heterocycles. The maximum absolute atomic E-state index is 12.2. The minimum atomic E-state index is -1.09. The number of esters is 1. The number of ether oxygens (including phenoxy) is 1. The highest BCUT2D eigenvalue weighted by atomic mass is 16.5. The first-order valence-electron chi connectivity index (χ1n) is 7.60. The molecule has 25 heavy (non-hydrogen) atoms. The van der Waals surface area contributed by atoms with Gasteiger partial charge in [-0.3, -0.25) is 14.4 Å². The fraction of sp³-hybridized carbons (Fsp3) is 0.222. The maximum atomic E-state index is 12.2. The zero-order valence-corrected chi connectivity index (χ0v) is 14.1. The van der Waals surface area contributed by atoms with Crippen molar-refractivity contribution in [2.75, 3.05) is 5.32 Å². The van der Waals surface area contributed by atoms with E-state index in [9.17, 15) is 19.2 Å². The molecular weight excluding hydrogens is 324 g/mol. The van der Waals surface area contributed by atoms with Gasteiger partial charge in [0.1, 0.15) is 5.69 Å². The summed E-state index contributed by atoms with van der Waals surface area (Å²) in [5.41, 5.74) is 1.14. The number of amides is 1. The molecule has 0 saturated carbocycles. The topological polar surface area (TPSA) is 105 Å². The average Bonchev–Trinajstić information content (AvgIpc) is 3.05. The molecule has 130 valence electrons. The first kappa shape index (κ1) is 18.1. The van der Waals surface area contributed by atoms with Crippen molar-refractivity contribution in [3.8, 4) is 0 Å². The first-order valence-corrected chi connectivity index (χ1v) is 7.60. The van der Waals surface area contributed by atoms with Crippen LogP contribution in [0, 0.1) is 0 Å². The standard InChI is InChI=1S/C18H18N2O5/c1-10(21)13-8-16(19-9-13)18(24)25-12(3)17(23)20-15-7-5-4-6-14(15)11(2)22/h4-9,12,19H,1-3H3,(H,20,23)/t12-/m1/s1. The van der Waals surface area contributed by atoms with Gasteiger partial charge in [-0.2, -0.15) is 0 Å². The molecular formula is C18H18N2O5. The Balaban J connectivity index is 2.04. The molecule has 0 unspecified atom stereocenters. The number of ketones is 2. The number of hydrogen-bond acceptors (Lipinski definition) is 5. The van der Waals surface area contributed by atoms with Crippen molar-refractivity contribution in [2.24, 2.45) is 0 Å². The van der Waals surface area contributed by atoms with Crippen LogP contribution in [0.25, 0.3) is 0 Å². The van der Waals surface area contributed by atoms with Gasteiger partial charge < -0.3 is 15.0 Å². The predicted octanol–water partition coefficient (Wildman–Crippen LogP) is 2.60. The number of Topliss-reactive ketones (excluding diaryl/α,β-unsaturated/α-hetero) is 2. The lowest BCUT2D eigenvalue weighted by Crippen LogP contribution is -2.30. The minimum Gasteiger partial charge on any atom is -0.448 e. The number of anilines is 1. The Morgan fingerprint density at radius 3 is 2.36 bits per heavy atom. The lowest BCUT2D eigenvalue weighted by atomic mass is 10.1. The summed E-state index contributed by atoms with van der Waals surface area (Å²) in [6.07, 6.45) is 0.309. The predicted molar refractivity (Wildman–Crippen MR) is 90.8 cm³/mol. The summed E-state index contributed by atoms with van der Waals surface area (Å²) in [4.78, 5) is 49.7. The molecule has 0 fully saturated rings. The maximum Gasteiger partial charge on any atom is 0.355 e. The first-order chi connectivity index (χ1) is 11.8. The van der Waals surface area contributed by atoms with Crippen LogP contribution in [0.3, 0.4) is 0 Å². The summed E-state index contributed by atoms with van der Waals surface area (Å²) >= 11 is 0. The highest BCUT2D eigenvalue weighted by Gasteiger charge is 2.21. The summed E-state index contributed by atoms with van der Waals surface area (Å²) < 4.78 is 5.09. The molecule has 0 saturated heterocycles. The van der Waals surface area contributed by atoms with E-state index in [-0.39, 0.29) is 17.3 Å². The molecule has 7 heteroatoms. The lowest BCUT2D eigenvalue weighted by Gasteiger charge is -2.14. The zero-order chi connectivity index (χ0) is 18.6. The number of H-pyrrole nitrogens is 1. The number of rotatable bonds is 6. The number of aromatic amines is 1. The van der Waals surface area contributed by atoms with Crippen molar-refractivity contribution in [2.45, 2.75) is 26.9 Å². The summed E-state index contributed by atoms with van der Waals surface area (Å²) in [7, 11) is 0. The van der Waals surface area contributed by atoms with E-state index in [0.29, 0.717) is 16.8 Å². The zero-order valence-electron chi connectivity index (χ0n) is 14.1. The second-order valence-electron chi connectivity index (χ2n) is 5.50. The van der Waals surface area contributed by atoms with Crippen LogP contribution in [0.4, 0.5) is 5.69 Å². The number of benzene rings is 1. The highest BCUT2D eigenvalue weighted by molar-refractivity contribution is 6.05. The largest absolute Gasteiger partial charge is 0.448 e. The van der Waals surface area contributed by atoms with E-state index in [1.165, 1.54) is 33.0 Å². The molecule has 1 atom stereocenters. The van der Waals surface area contributed by atoms with Crippen LogP contribution in [0.1, 0.15) is 52.0 Å². The van der Waals surface area contributed by atoms with E-state index in [1.54, 1.807) is 24.3 Å². The van der Waals surface area contributed by atoms with Gasteiger partial charge in [0.15, 0.2) is 17.7 Å². The summed E-state index contributed by atoms with van der Waals surface area (Å²) in [5.74, 6) is -1.71. The number of carbonyl (C=O) groups is 4. The number of hydrogen-bond donors (Lipinski definition) is 2. The fourth-order valence-corrected chi connectivity index (χ4v) is 2.13. The summed E-state index contributed by atoms with van der Waals surface area (Å²) in [6.45, 7) is 4.19. The molecule has 2 N–H and O–H groups in total. The van der Waals surface area contributed by atoms with Crippen molar-refractivity contribution in [3.63, 3.8) is 0 Å². The second-order valence-corrected chi connectivity index (χ2v) is 5.50. The third kappa shape index (κ3) is 4.41. The van der Waals surface area contributed by atoms with Crippen molar-refractivity contribution < 1.29 is 23.9 Å². The quantitative estimate of drug-likeness (QED) is 0.620. The Bertz CT molecular complexity index is 837. The number of nitrogens with one attached hydrogen (secondary N) is 2. The molecule has 2 rings (SSSR count). The van der Waals surface area contributed by atoms with E-state index in [4.69, 9.17) is 4.74 Å². The molecule has 0 aliphatic carbocycles. The van der Waals surface area contributed by atoms with Crippen molar-refractivity contribution in [1.29, 1.82) is 0 Å². The third-order valence-corrected chi connectivity index (χ3v) is 3.53. The van der Waals surface area contributed by atoms with Crippen molar-refractivity contribution in [1.82, 2.24) is 4.98 Å². The Hall–Kier alpha value is -3.22. The van der Waals surface area contributed by atoms with Crippen LogP contribution in [0.5, 0.6) is 0 Å². The van der Waals surface area contributed by atoms with Gasteiger partial charge in [-0.15, -0.1) is 0 Å². The number of para-hydroxylation sites is 1. The van der Waals surface area contributed by atoms with Crippen LogP contribution in [-0.2, 0) is 9.53 Å². The normalized spacial score (nSPS) is 11.5. The Kier molecular flexibility index (Phi) is 5.49. The molecule has 1 heterocycles. The lowest BCUT2D eigenvalue weighted by molar-refractivity contribution is -0.123. The fourth-order valence-electron chi connectivity index (χ4n) is 2.13. The third-order valence-electron chi connectivity index (χ3n) is 3.53. The minimum absolute atomic E-state index is 0.0778. The molecule has 1 amide bonds. The van der Waals surface area contributed by atoms with E-state index >= 15 is 0 Å². The molecule has 2 aromatic rings. The molecule has 0 bridgehead atoms. The van der Waals surface area contributed by atoms with Gasteiger partial charge in [-0.25, -0.2) is 4.79 Å². The van der Waals surface area contributed by atoms with Gasteiger partial charge in [-0.05, 0) is 39.0 Å². The summed E-state index contributed by atoms with van der Waals surface area (Å²) in [5, 5.41) is 2.57. The molecule has 0 spiro atoms. The van der Waals surface area contributed by atoms with Gasteiger partial charge in [0, 0.05) is 17.3 Å². The molecule has 1 aromatic carbocycles. The number of aromatic nitrogens is 1. The Morgan fingerprint density at radius 1 is 1.08 bits per heavy atom. The molecule has 0 aliphatic rings. The Morgan fingerprint density at radius 2 is 1.76 bits per heavy atom. The van der Waals surface area contributed by atoms with Crippen LogP contribution >= 0.6 is 0 Å².